The molecule has 0 saturated carbocycles. The number of nitrogens with zero attached hydrogens (tertiary/aromatic N) is 1. The Morgan fingerprint density at radius 2 is 2.11 bits per heavy atom. The maximum absolute atomic E-state index is 11.5. The summed E-state index contributed by atoms with van der Waals surface area (Å²) in [6.07, 6.45) is 0.895. The van der Waals surface area contributed by atoms with Crippen LogP contribution in [0.4, 0.5) is 0 Å². The van der Waals surface area contributed by atoms with Crippen molar-refractivity contribution in [2.24, 2.45) is 5.73 Å². The van der Waals surface area contributed by atoms with Gasteiger partial charge in [0.1, 0.15) is 0 Å². The van der Waals surface area contributed by atoms with Crippen molar-refractivity contribution in [3.05, 3.63) is 22.4 Å². The largest absolute Gasteiger partial charge is 0.326 e. The molecule has 2 atom stereocenters. The average Bonchev–Trinajstić information content (AvgIpc) is 2.85. The molecule has 1 aliphatic rings. The van der Waals surface area contributed by atoms with E-state index in [0.29, 0.717) is 13.1 Å². The fraction of sp³-hybridized carbons (Fsp3) is 0.667. The van der Waals surface area contributed by atoms with E-state index in [0.717, 1.165) is 6.42 Å². The molecule has 6 heteroatoms. The smallest absolute Gasteiger partial charge is 0.152 e. The summed E-state index contributed by atoms with van der Waals surface area (Å²) < 4.78 is 23.0. The van der Waals surface area contributed by atoms with E-state index in [9.17, 15) is 8.42 Å². The Hall–Kier alpha value is -0.430. The van der Waals surface area contributed by atoms with Gasteiger partial charge in [0, 0.05) is 24.0 Å². The zero-order chi connectivity index (χ0) is 13.2. The molecule has 0 bridgehead atoms. The summed E-state index contributed by atoms with van der Waals surface area (Å²) in [4.78, 5) is 3.46. The second kappa shape index (κ2) is 5.69. The highest BCUT2D eigenvalue weighted by Gasteiger charge is 2.31. The highest BCUT2D eigenvalue weighted by molar-refractivity contribution is 7.91. The molecular weight excluding hydrogens is 268 g/mol. The van der Waals surface area contributed by atoms with Gasteiger partial charge < -0.3 is 5.73 Å². The minimum atomic E-state index is -2.83. The molecular formula is C12H20N2O2S2. The predicted molar refractivity (Wildman–Crippen MR) is 75.6 cm³/mol. The lowest BCUT2D eigenvalue weighted by Gasteiger charge is -2.36. The quantitative estimate of drug-likeness (QED) is 0.906. The highest BCUT2D eigenvalue weighted by Crippen LogP contribution is 2.29. The Kier molecular flexibility index (Phi) is 4.42. The third-order valence-electron chi connectivity index (χ3n) is 3.48. The van der Waals surface area contributed by atoms with Crippen LogP contribution in [0.3, 0.4) is 0 Å². The molecule has 2 N–H and O–H groups in total. The van der Waals surface area contributed by atoms with Crippen LogP contribution in [-0.4, -0.2) is 44.0 Å². The number of rotatable bonds is 4. The maximum Gasteiger partial charge on any atom is 0.152 e. The number of thiophene rings is 1. The van der Waals surface area contributed by atoms with Crippen molar-refractivity contribution in [2.75, 3.05) is 24.6 Å². The van der Waals surface area contributed by atoms with Gasteiger partial charge in [0.2, 0.25) is 0 Å². The molecule has 0 aliphatic carbocycles. The van der Waals surface area contributed by atoms with Gasteiger partial charge >= 0.3 is 0 Å². The van der Waals surface area contributed by atoms with Gasteiger partial charge in [-0.3, -0.25) is 4.90 Å². The molecule has 1 aromatic rings. The molecule has 0 aromatic carbocycles. The first-order chi connectivity index (χ1) is 8.53. The van der Waals surface area contributed by atoms with E-state index in [1.165, 1.54) is 4.88 Å². The lowest BCUT2D eigenvalue weighted by molar-refractivity contribution is 0.186. The first-order valence-corrected chi connectivity index (χ1v) is 8.97. The number of hydrogen-bond donors (Lipinski definition) is 1. The van der Waals surface area contributed by atoms with E-state index in [4.69, 9.17) is 5.73 Å². The number of nitrogens with two attached hydrogens (primary N) is 1. The first-order valence-electron chi connectivity index (χ1n) is 6.27. The van der Waals surface area contributed by atoms with Crippen molar-refractivity contribution in [1.29, 1.82) is 0 Å². The average molecular weight is 288 g/mol. The molecule has 1 aromatic heterocycles. The molecule has 102 valence electrons. The SMILES string of the molecule is CCC(N)C(c1cccs1)N1CCS(=O)(=O)CC1. The summed E-state index contributed by atoms with van der Waals surface area (Å²) in [5.41, 5.74) is 6.22. The topological polar surface area (TPSA) is 63.4 Å². The standard InChI is InChI=1S/C12H20N2O2S2/c1-2-10(13)12(11-4-3-7-17-11)14-5-8-18(15,16)9-6-14/h3-4,7,10,12H,2,5-6,8-9,13H2,1H3. The van der Waals surface area contributed by atoms with Crippen LogP contribution in [0.2, 0.25) is 0 Å². The zero-order valence-electron chi connectivity index (χ0n) is 10.6. The second-order valence-electron chi connectivity index (χ2n) is 4.72. The van der Waals surface area contributed by atoms with E-state index in [2.05, 4.69) is 17.9 Å². The summed E-state index contributed by atoms with van der Waals surface area (Å²) in [6.45, 7) is 3.27. The van der Waals surface area contributed by atoms with Crippen LogP contribution >= 0.6 is 11.3 Å². The molecule has 2 unspecified atom stereocenters. The van der Waals surface area contributed by atoms with Crippen LogP contribution in [0.5, 0.6) is 0 Å². The molecule has 1 aliphatic heterocycles. The van der Waals surface area contributed by atoms with Crippen LogP contribution < -0.4 is 5.73 Å². The zero-order valence-corrected chi connectivity index (χ0v) is 12.2. The minimum absolute atomic E-state index is 0.0597. The normalized spacial score (nSPS) is 23.7. The molecule has 1 saturated heterocycles. The minimum Gasteiger partial charge on any atom is -0.326 e. The summed E-state index contributed by atoms with van der Waals surface area (Å²) in [6, 6.07) is 4.33. The molecule has 1 fully saturated rings. The van der Waals surface area contributed by atoms with Gasteiger partial charge in [-0.2, -0.15) is 0 Å². The Bertz CT molecular complexity index is 456. The Balaban J connectivity index is 2.16. The van der Waals surface area contributed by atoms with Crippen molar-refractivity contribution in [3.63, 3.8) is 0 Å². The van der Waals surface area contributed by atoms with E-state index >= 15 is 0 Å². The predicted octanol–water partition coefficient (Wildman–Crippen LogP) is 1.26. The van der Waals surface area contributed by atoms with Crippen LogP contribution in [0, 0.1) is 0 Å². The Morgan fingerprint density at radius 3 is 2.61 bits per heavy atom. The molecule has 0 spiro atoms. The lowest BCUT2D eigenvalue weighted by Crippen LogP contribution is -2.47. The van der Waals surface area contributed by atoms with E-state index in [-0.39, 0.29) is 23.6 Å². The Morgan fingerprint density at radius 1 is 1.44 bits per heavy atom. The van der Waals surface area contributed by atoms with Gasteiger partial charge in [-0.05, 0) is 17.9 Å². The van der Waals surface area contributed by atoms with E-state index < -0.39 is 9.84 Å². The fourth-order valence-electron chi connectivity index (χ4n) is 2.35. The highest BCUT2D eigenvalue weighted by atomic mass is 32.2. The summed E-state index contributed by atoms with van der Waals surface area (Å²) in [5.74, 6) is 0.511. The molecule has 2 rings (SSSR count). The fourth-order valence-corrected chi connectivity index (χ4v) is 4.51. The van der Waals surface area contributed by atoms with Crippen LogP contribution in [-0.2, 0) is 9.84 Å². The maximum atomic E-state index is 11.5. The van der Waals surface area contributed by atoms with Crippen molar-refractivity contribution in [1.82, 2.24) is 4.90 Å². The van der Waals surface area contributed by atoms with Gasteiger partial charge in [-0.1, -0.05) is 13.0 Å². The molecule has 0 radical (unpaired) electrons. The van der Waals surface area contributed by atoms with E-state index in [1.807, 2.05) is 11.4 Å². The van der Waals surface area contributed by atoms with Gasteiger partial charge in [0.15, 0.2) is 9.84 Å². The lowest BCUT2D eigenvalue weighted by atomic mass is 10.0. The molecule has 0 amide bonds. The van der Waals surface area contributed by atoms with Crippen molar-refractivity contribution in [3.8, 4) is 0 Å². The summed E-state index contributed by atoms with van der Waals surface area (Å²) in [5, 5.41) is 2.05. The van der Waals surface area contributed by atoms with Crippen LogP contribution in [0.25, 0.3) is 0 Å². The van der Waals surface area contributed by atoms with Gasteiger partial charge in [0.25, 0.3) is 0 Å². The van der Waals surface area contributed by atoms with Crippen LogP contribution in [0.15, 0.2) is 17.5 Å². The Labute approximate surface area is 113 Å². The third kappa shape index (κ3) is 3.12. The monoisotopic (exact) mass is 288 g/mol. The second-order valence-corrected chi connectivity index (χ2v) is 8.00. The van der Waals surface area contributed by atoms with Crippen LogP contribution in [0.1, 0.15) is 24.3 Å². The summed E-state index contributed by atoms with van der Waals surface area (Å²) in [7, 11) is -2.83. The van der Waals surface area contributed by atoms with Crippen molar-refractivity contribution in [2.45, 2.75) is 25.4 Å². The summed E-state index contributed by atoms with van der Waals surface area (Å²) >= 11 is 1.70. The van der Waals surface area contributed by atoms with E-state index in [1.54, 1.807) is 11.3 Å². The van der Waals surface area contributed by atoms with Crippen molar-refractivity contribution >= 4 is 21.2 Å². The van der Waals surface area contributed by atoms with Gasteiger partial charge in [0.05, 0.1) is 17.5 Å². The third-order valence-corrected chi connectivity index (χ3v) is 6.04. The number of hydrogen-bond acceptors (Lipinski definition) is 5. The van der Waals surface area contributed by atoms with Gasteiger partial charge in [-0.15, -0.1) is 11.3 Å². The molecule has 18 heavy (non-hydrogen) atoms. The molecule has 2 heterocycles. The molecule has 4 nitrogen and oxygen atoms in total. The first kappa shape index (κ1) is 14.0. The number of sulfone groups is 1. The van der Waals surface area contributed by atoms with Gasteiger partial charge in [-0.25, -0.2) is 8.42 Å². The van der Waals surface area contributed by atoms with Crippen molar-refractivity contribution < 1.29 is 8.42 Å².